The van der Waals surface area contributed by atoms with Crippen LogP contribution in [0.3, 0.4) is 0 Å². The van der Waals surface area contributed by atoms with Crippen molar-refractivity contribution in [2.75, 3.05) is 32.8 Å². The summed E-state index contributed by atoms with van der Waals surface area (Å²) in [5.41, 5.74) is 6.08. The van der Waals surface area contributed by atoms with Crippen molar-refractivity contribution in [2.24, 2.45) is 11.7 Å². The van der Waals surface area contributed by atoms with Crippen molar-refractivity contribution in [3.05, 3.63) is 0 Å². The van der Waals surface area contributed by atoms with Gasteiger partial charge in [0.1, 0.15) is 0 Å². The number of halogens is 2. The first-order valence-electron chi connectivity index (χ1n) is 7.56. The largest absolute Gasteiger partial charge is 0.381 e. The van der Waals surface area contributed by atoms with E-state index in [1.807, 2.05) is 0 Å². The Morgan fingerprint density at radius 3 is 2.33 bits per heavy atom. The maximum Gasteiger partial charge on any atom is 0.237 e. The van der Waals surface area contributed by atoms with Gasteiger partial charge in [0.15, 0.2) is 0 Å². The molecule has 2 aliphatic rings. The van der Waals surface area contributed by atoms with Gasteiger partial charge >= 0.3 is 0 Å². The number of nitrogens with one attached hydrogen (secondary N) is 1. The fraction of sp³-hybridized carbons (Fsp3) is 0.929. The van der Waals surface area contributed by atoms with Gasteiger partial charge in [0, 0.05) is 32.3 Å². The summed E-state index contributed by atoms with van der Waals surface area (Å²) in [7, 11) is 0. The number of nitrogens with two attached hydrogens (primary N) is 1. The fourth-order valence-electron chi connectivity index (χ4n) is 2.98. The van der Waals surface area contributed by atoms with Gasteiger partial charge in [-0.3, -0.25) is 4.79 Å². The van der Waals surface area contributed by atoms with E-state index in [1.165, 1.54) is 0 Å². The molecule has 2 saturated heterocycles. The van der Waals surface area contributed by atoms with Crippen LogP contribution in [0.5, 0.6) is 0 Å². The molecule has 0 aromatic carbocycles. The fourth-order valence-corrected chi connectivity index (χ4v) is 2.98. The van der Waals surface area contributed by atoms with Crippen LogP contribution in [0.15, 0.2) is 0 Å². The maximum absolute atomic E-state index is 12.2. The van der Waals surface area contributed by atoms with Gasteiger partial charge in [-0.05, 0) is 38.1 Å². The first-order valence-corrected chi connectivity index (χ1v) is 7.56. The third-order valence-electron chi connectivity index (χ3n) is 4.46. The number of rotatable bonds is 4. The van der Waals surface area contributed by atoms with Gasteiger partial charge in [-0.1, -0.05) is 6.92 Å². The van der Waals surface area contributed by atoms with Crippen molar-refractivity contribution < 1.29 is 9.53 Å². The van der Waals surface area contributed by atoms with Crippen molar-refractivity contribution in [3.8, 4) is 0 Å². The highest BCUT2D eigenvalue weighted by Gasteiger charge is 2.28. The van der Waals surface area contributed by atoms with Crippen molar-refractivity contribution in [2.45, 2.75) is 44.7 Å². The Balaban J connectivity index is 0.00000200. The van der Waals surface area contributed by atoms with Crippen LogP contribution < -0.4 is 11.1 Å². The third-order valence-corrected chi connectivity index (χ3v) is 4.46. The number of ether oxygens (including phenoxy) is 1. The summed E-state index contributed by atoms with van der Waals surface area (Å²) < 4.78 is 5.31. The zero-order valence-corrected chi connectivity index (χ0v) is 14.4. The Morgan fingerprint density at radius 1 is 1.24 bits per heavy atom. The first kappa shape index (κ1) is 20.9. The molecule has 0 radical (unpaired) electrons. The van der Waals surface area contributed by atoms with E-state index >= 15 is 0 Å². The van der Waals surface area contributed by atoms with Crippen LogP contribution in [-0.2, 0) is 9.53 Å². The lowest BCUT2D eigenvalue weighted by Gasteiger charge is -2.33. The highest BCUT2D eigenvalue weighted by atomic mass is 35.5. The molecule has 21 heavy (non-hydrogen) atoms. The minimum Gasteiger partial charge on any atom is -0.381 e. The molecule has 1 amide bonds. The number of likely N-dealkylation sites (tertiary alicyclic amines) is 1. The third kappa shape index (κ3) is 6.28. The number of carbonyl (C=O) groups excluding carboxylic acids is 1. The molecule has 126 valence electrons. The number of hydrogen-bond donors (Lipinski definition) is 2. The summed E-state index contributed by atoms with van der Waals surface area (Å²) in [5, 5.41) is 3.13. The van der Waals surface area contributed by atoms with E-state index < -0.39 is 0 Å². The Kier molecular flexibility index (Phi) is 10.6. The number of hydrogen-bond acceptors (Lipinski definition) is 4. The molecule has 3 N–H and O–H groups in total. The lowest BCUT2D eigenvalue weighted by Crippen LogP contribution is -2.52. The number of piperidine rings is 1. The number of amides is 1. The Hall–Kier alpha value is -0.0700. The number of nitrogens with zero attached hydrogens (tertiary/aromatic N) is 1. The van der Waals surface area contributed by atoms with Crippen molar-refractivity contribution in [1.29, 1.82) is 0 Å². The average molecular weight is 342 g/mol. The second kappa shape index (κ2) is 10.6. The quantitative estimate of drug-likeness (QED) is 0.805. The second-order valence-electron chi connectivity index (χ2n) is 5.69. The van der Waals surface area contributed by atoms with Crippen LogP contribution in [0.4, 0.5) is 0 Å². The van der Waals surface area contributed by atoms with Gasteiger partial charge in [0.25, 0.3) is 0 Å². The molecule has 2 aliphatic heterocycles. The minimum absolute atomic E-state index is 0. The molecule has 1 atom stereocenters. The number of carbonyl (C=O) groups is 1. The molecule has 0 saturated carbocycles. The van der Waals surface area contributed by atoms with Gasteiger partial charge in [-0.25, -0.2) is 0 Å². The lowest BCUT2D eigenvalue weighted by atomic mass is 9.91. The summed E-state index contributed by atoms with van der Waals surface area (Å²) in [6, 6.07) is -0.0608. The highest BCUT2D eigenvalue weighted by molar-refractivity contribution is 5.85. The molecular formula is C14H29Cl2N3O2. The monoisotopic (exact) mass is 341 g/mol. The van der Waals surface area contributed by atoms with Crippen molar-refractivity contribution in [3.63, 3.8) is 0 Å². The molecule has 0 aliphatic carbocycles. The summed E-state index contributed by atoms with van der Waals surface area (Å²) in [6.07, 6.45) is 3.89. The summed E-state index contributed by atoms with van der Waals surface area (Å²) >= 11 is 0. The zero-order chi connectivity index (χ0) is 13.7. The molecule has 2 fully saturated rings. The Bertz CT molecular complexity index is 294. The molecule has 0 spiro atoms. The first-order chi connectivity index (χ1) is 9.20. The minimum atomic E-state index is -0.367. The SMILES string of the molecule is CCN1CCC(NC(=O)C(N)C2CCOCC2)CC1.Cl.Cl. The zero-order valence-electron chi connectivity index (χ0n) is 12.8. The molecule has 2 rings (SSSR count). The van der Waals surface area contributed by atoms with E-state index in [4.69, 9.17) is 10.5 Å². The predicted molar refractivity (Wildman–Crippen MR) is 89.3 cm³/mol. The topological polar surface area (TPSA) is 67.6 Å². The highest BCUT2D eigenvalue weighted by Crippen LogP contribution is 2.18. The van der Waals surface area contributed by atoms with Crippen LogP contribution in [0.25, 0.3) is 0 Å². The van der Waals surface area contributed by atoms with Crippen LogP contribution in [0.1, 0.15) is 32.6 Å². The van der Waals surface area contributed by atoms with Crippen LogP contribution >= 0.6 is 24.8 Å². The normalized spacial score (nSPS) is 22.8. The van der Waals surface area contributed by atoms with E-state index in [0.717, 1.165) is 58.5 Å². The Labute approximate surface area is 140 Å². The molecule has 2 heterocycles. The van der Waals surface area contributed by atoms with Crippen LogP contribution in [-0.4, -0.2) is 55.7 Å². The van der Waals surface area contributed by atoms with Gasteiger partial charge in [0.05, 0.1) is 6.04 Å². The molecular weight excluding hydrogens is 313 g/mol. The van der Waals surface area contributed by atoms with E-state index in [1.54, 1.807) is 0 Å². The molecule has 0 bridgehead atoms. The smallest absolute Gasteiger partial charge is 0.237 e. The molecule has 7 heteroatoms. The standard InChI is InChI=1S/C14H27N3O2.2ClH/c1-2-17-7-3-12(4-8-17)16-14(18)13(15)11-5-9-19-10-6-11;;/h11-13H,2-10,15H2,1H3,(H,16,18);2*1H. The molecule has 1 unspecified atom stereocenters. The van der Waals surface area contributed by atoms with E-state index in [2.05, 4.69) is 17.1 Å². The molecule has 0 aromatic rings. The molecule has 5 nitrogen and oxygen atoms in total. The second-order valence-corrected chi connectivity index (χ2v) is 5.69. The van der Waals surface area contributed by atoms with Gasteiger partial charge in [-0.2, -0.15) is 0 Å². The van der Waals surface area contributed by atoms with Crippen molar-refractivity contribution in [1.82, 2.24) is 10.2 Å². The van der Waals surface area contributed by atoms with Gasteiger partial charge in [0.2, 0.25) is 5.91 Å². The summed E-state index contributed by atoms with van der Waals surface area (Å²) in [4.78, 5) is 14.6. The summed E-state index contributed by atoms with van der Waals surface area (Å²) in [6.45, 7) is 6.91. The Morgan fingerprint density at radius 2 is 1.81 bits per heavy atom. The van der Waals surface area contributed by atoms with E-state index in [0.29, 0.717) is 6.04 Å². The van der Waals surface area contributed by atoms with E-state index in [-0.39, 0.29) is 42.7 Å². The molecule has 0 aromatic heterocycles. The summed E-state index contributed by atoms with van der Waals surface area (Å²) in [5.74, 6) is 0.311. The average Bonchev–Trinajstić information content (AvgIpc) is 2.48. The van der Waals surface area contributed by atoms with Gasteiger partial charge < -0.3 is 20.7 Å². The van der Waals surface area contributed by atoms with Crippen LogP contribution in [0, 0.1) is 5.92 Å². The van der Waals surface area contributed by atoms with Crippen molar-refractivity contribution >= 4 is 30.7 Å². The maximum atomic E-state index is 12.2. The lowest BCUT2D eigenvalue weighted by molar-refractivity contribution is -0.125. The predicted octanol–water partition coefficient (Wildman–Crippen LogP) is 1.18. The van der Waals surface area contributed by atoms with E-state index in [9.17, 15) is 4.79 Å². The van der Waals surface area contributed by atoms with Gasteiger partial charge in [-0.15, -0.1) is 24.8 Å². The van der Waals surface area contributed by atoms with Crippen LogP contribution in [0.2, 0.25) is 0 Å².